The third-order valence-corrected chi connectivity index (χ3v) is 4.20. The summed E-state index contributed by atoms with van der Waals surface area (Å²) in [7, 11) is 0. The van der Waals surface area contributed by atoms with Crippen LogP contribution in [0.25, 0.3) is 6.08 Å². The van der Waals surface area contributed by atoms with E-state index in [1.807, 2.05) is 30.5 Å². The van der Waals surface area contributed by atoms with E-state index in [1.165, 1.54) is 5.56 Å². The van der Waals surface area contributed by atoms with Crippen LogP contribution in [0.1, 0.15) is 30.9 Å². The number of benzene rings is 1. The van der Waals surface area contributed by atoms with Crippen LogP contribution >= 0.6 is 11.6 Å². The monoisotopic (exact) mass is 343 g/mol. The van der Waals surface area contributed by atoms with Gasteiger partial charge in [0, 0.05) is 23.5 Å². The second kappa shape index (κ2) is 7.69. The van der Waals surface area contributed by atoms with E-state index in [0.29, 0.717) is 25.8 Å². The molecule has 5 heteroatoms. The van der Waals surface area contributed by atoms with Crippen LogP contribution in [0.2, 0.25) is 5.02 Å². The zero-order chi connectivity index (χ0) is 16.9. The van der Waals surface area contributed by atoms with E-state index >= 15 is 0 Å². The molecule has 1 aromatic carbocycles. The quantitative estimate of drug-likeness (QED) is 0.840. The molecule has 0 bridgehead atoms. The van der Waals surface area contributed by atoms with Crippen molar-refractivity contribution in [3.63, 3.8) is 0 Å². The Morgan fingerprint density at radius 3 is 3.04 bits per heavy atom. The van der Waals surface area contributed by atoms with Gasteiger partial charge in [-0.3, -0.25) is 0 Å². The average Bonchev–Trinajstić information content (AvgIpc) is 2.55. The first-order valence-corrected chi connectivity index (χ1v) is 8.50. The maximum absolute atomic E-state index is 6.13. The highest BCUT2D eigenvalue weighted by Crippen LogP contribution is 2.25. The Balaban J connectivity index is 1.81. The summed E-state index contributed by atoms with van der Waals surface area (Å²) < 4.78 is 5.67. The highest BCUT2D eigenvalue weighted by Gasteiger charge is 2.10. The SMILES string of the molecule is CC(C)c1cccnc1NC/C1=C/c2cc(Cl)ccc2NCOC1. The predicted molar refractivity (Wildman–Crippen MR) is 101 cm³/mol. The highest BCUT2D eigenvalue weighted by atomic mass is 35.5. The lowest BCUT2D eigenvalue weighted by atomic mass is 10.0. The molecule has 2 aromatic rings. The number of rotatable bonds is 4. The van der Waals surface area contributed by atoms with Gasteiger partial charge < -0.3 is 15.4 Å². The summed E-state index contributed by atoms with van der Waals surface area (Å²) >= 11 is 6.13. The van der Waals surface area contributed by atoms with Crippen molar-refractivity contribution in [2.45, 2.75) is 19.8 Å². The van der Waals surface area contributed by atoms with Gasteiger partial charge in [0.25, 0.3) is 0 Å². The second-order valence-electron chi connectivity index (χ2n) is 6.15. The van der Waals surface area contributed by atoms with Gasteiger partial charge >= 0.3 is 0 Å². The van der Waals surface area contributed by atoms with Crippen LogP contribution in [-0.2, 0) is 4.74 Å². The third-order valence-electron chi connectivity index (χ3n) is 3.97. The number of ether oxygens (including phenoxy) is 1. The summed E-state index contributed by atoms with van der Waals surface area (Å²) in [5, 5.41) is 7.43. The Labute approximate surface area is 147 Å². The summed E-state index contributed by atoms with van der Waals surface area (Å²) in [6.45, 7) is 6.07. The first-order valence-electron chi connectivity index (χ1n) is 8.13. The first-order chi connectivity index (χ1) is 11.6. The van der Waals surface area contributed by atoms with Gasteiger partial charge in [-0.05, 0) is 53.0 Å². The number of halogens is 1. The second-order valence-corrected chi connectivity index (χ2v) is 6.59. The van der Waals surface area contributed by atoms with Gasteiger partial charge in [0.2, 0.25) is 0 Å². The molecule has 1 aliphatic rings. The number of anilines is 2. The number of nitrogens with zero attached hydrogens (tertiary/aromatic N) is 1. The van der Waals surface area contributed by atoms with Crippen molar-refractivity contribution in [3.8, 4) is 0 Å². The number of pyridine rings is 1. The molecule has 0 spiro atoms. The van der Waals surface area contributed by atoms with E-state index in [9.17, 15) is 0 Å². The van der Waals surface area contributed by atoms with Crippen molar-refractivity contribution in [1.82, 2.24) is 4.98 Å². The van der Waals surface area contributed by atoms with Gasteiger partial charge in [-0.1, -0.05) is 31.5 Å². The Bertz CT molecular complexity index is 743. The maximum atomic E-state index is 6.13. The Kier molecular flexibility index (Phi) is 5.38. The molecule has 0 fully saturated rings. The van der Waals surface area contributed by atoms with Crippen molar-refractivity contribution in [2.24, 2.45) is 0 Å². The third kappa shape index (κ3) is 4.08. The van der Waals surface area contributed by atoms with Crippen LogP contribution < -0.4 is 10.6 Å². The van der Waals surface area contributed by atoms with E-state index in [0.717, 1.165) is 27.7 Å². The lowest BCUT2D eigenvalue weighted by Gasteiger charge is -2.19. The summed E-state index contributed by atoms with van der Waals surface area (Å²) in [6, 6.07) is 9.91. The van der Waals surface area contributed by atoms with Crippen molar-refractivity contribution < 1.29 is 4.74 Å². The van der Waals surface area contributed by atoms with Crippen LogP contribution in [0, 0.1) is 0 Å². The molecule has 3 rings (SSSR count). The fourth-order valence-corrected chi connectivity index (χ4v) is 2.90. The predicted octanol–water partition coefficient (Wildman–Crippen LogP) is 4.75. The van der Waals surface area contributed by atoms with Gasteiger partial charge in [-0.2, -0.15) is 0 Å². The van der Waals surface area contributed by atoms with Crippen molar-refractivity contribution in [3.05, 3.63) is 58.3 Å². The summed E-state index contributed by atoms with van der Waals surface area (Å²) in [4.78, 5) is 4.47. The molecule has 0 aliphatic carbocycles. The summed E-state index contributed by atoms with van der Waals surface area (Å²) in [5.74, 6) is 1.35. The Morgan fingerprint density at radius 1 is 1.33 bits per heavy atom. The molecule has 126 valence electrons. The van der Waals surface area contributed by atoms with E-state index < -0.39 is 0 Å². The summed E-state index contributed by atoms with van der Waals surface area (Å²) in [5.41, 5.74) is 4.47. The van der Waals surface area contributed by atoms with Gasteiger partial charge in [0.15, 0.2) is 0 Å². The zero-order valence-electron chi connectivity index (χ0n) is 14.0. The minimum Gasteiger partial charge on any atom is -0.366 e. The van der Waals surface area contributed by atoms with Gasteiger partial charge in [0.05, 0.1) is 6.61 Å². The maximum Gasteiger partial charge on any atom is 0.129 e. The van der Waals surface area contributed by atoms with E-state index in [4.69, 9.17) is 16.3 Å². The van der Waals surface area contributed by atoms with Gasteiger partial charge in [-0.15, -0.1) is 0 Å². The number of hydrogen-bond acceptors (Lipinski definition) is 4. The topological polar surface area (TPSA) is 46.2 Å². The molecular formula is C19H22ClN3O. The van der Waals surface area contributed by atoms with E-state index in [-0.39, 0.29) is 0 Å². The average molecular weight is 344 g/mol. The highest BCUT2D eigenvalue weighted by molar-refractivity contribution is 6.30. The van der Waals surface area contributed by atoms with Crippen molar-refractivity contribution >= 4 is 29.2 Å². The van der Waals surface area contributed by atoms with Crippen LogP contribution in [0.3, 0.4) is 0 Å². The molecule has 0 amide bonds. The smallest absolute Gasteiger partial charge is 0.129 e. The normalized spacial score (nSPS) is 16.4. The molecule has 0 saturated heterocycles. The molecule has 1 aromatic heterocycles. The van der Waals surface area contributed by atoms with Crippen LogP contribution in [-0.4, -0.2) is 24.9 Å². The van der Waals surface area contributed by atoms with E-state index in [1.54, 1.807) is 0 Å². The number of nitrogens with one attached hydrogen (secondary N) is 2. The Morgan fingerprint density at radius 2 is 2.21 bits per heavy atom. The number of aromatic nitrogens is 1. The standard InChI is InChI=1S/C19H22ClN3O/c1-13(2)17-4-3-7-21-19(17)22-10-14-8-15-9-16(20)5-6-18(15)23-12-24-11-14/h3-9,13,23H,10-12H2,1-2H3,(H,21,22)/b14-8-. The molecule has 0 atom stereocenters. The van der Waals surface area contributed by atoms with Crippen molar-refractivity contribution in [2.75, 3.05) is 30.5 Å². The molecule has 0 radical (unpaired) electrons. The first kappa shape index (κ1) is 16.8. The lowest BCUT2D eigenvalue weighted by molar-refractivity contribution is 0.175. The van der Waals surface area contributed by atoms with Crippen LogP contribution in [0.15, 0.2) is 42.1 Å². The molecule has 24 heavy (non-hydrogen) atoms. The number of hydrogen-bond donors (Lipinski definition) is 2. The van der Waals surface area contributed by atoms with Gasteiger partial charge in [-0.25, -0.2) is 4.98 Å². The van der Waals surface area contributed by atoms with E-state index in [2.05, 4.69) is 41.6 Å². The largest absolute Gasteiger partial charge is 0.366 e. The zero-order valence-corrected chi connectivity index (χ0v) is 14.7. The Hall–Kier alpha value is -2.04. The molecule has 2 heterocycles. The summed E-state index contributed by atoms with van der Waals surface area (Å²) in [6.07, 6.45) is 3.94. The van der Waals surface area contributed by atoms with Crippen LogP contribution in [0.4, 0.5) is 11.5 Å². The minimum absolute atomic E-state index is 0.424. The molecule has 0 saturated carbocycles. The molecule has 2 N–H and O–H groups in total. The molecule has 0 unspecified atom stereocenters. The van der Waals surface area contributed by atoms with Gasteiger partial charge in [0.1, 0.15) is 12.5 Å². The molecular weight excluding hydrogens is 322 g/mol. The fraction of sp³-hybridized carbons (Fsp3) is 0.316. The number of fused-ring (bicyclic) bond motifs is 1. The lowest BCUT2D eigenvalue weighted by Crippen LogP contribution is -2.17. The fourth-order valence-electron chi connectivity index (χ4n) is 2.72. The van der Waals surface area contributed by atoms with Crippen LogP contribution in [0.5, 0.6) is 0 Å². The molecule has 1 aliphatic heterocycles. The minimum atomic E-state index is 0.424. The molecule has 4 nitrogen and oxygen atoms in total. The van der Waals surface area contributed by atoms with Crippen molar-refractivity contribution in [1.29, 1.82) is 0 Å².